The molecule has 2 atom stereocenters. The first-order valence-electron chi connectivity index (χ1n) is 7.15. The number of hydrogen-bond acceptors (Lipinski definition) is 3. The third-order valence-corrected chi connectivity index (χ3v) is 3.60. The third-order valence-electron chi connectivity index (χ3n) is 3.60. The molecule has 1 amide bonds. The van der Waals surface area contributed by atoms with Crippen molar-refractivity contribution in [3.05, 3.63) is 66.0 Å². The smallest absolute Gasteiger partial charge is 0.224 e. The number of nitrogens with one attached hydrogen (secondary N) is 1. The number of carbonyl (C=O) groups excluding carboxylic acids is 1. The van der Waals surface area contributed by atoms with Crippen molar-refractivity contribution in [3.63, 3.8) is 0 Å². The van der Waals surface area contributed by atoms with E-state index in [9.17, 15) is 4.79 Å². The van der Waals surface area contributed by atoms with Crippen molar-refractivity contribution >= 4 is 18.3 Å². The van der Waals surface area contributed by atoms with E-state index in [1.54, 1.807) is 12.4 Å². The first kappa shape index (κ1) is 18.1. The minimum atomic E-state index is -0.285. The van der Waals surface area contributed by atoms with Gasteiger partial charge in [0.15, 0.2) is 0 Å². The summed E-state index contributed by atoms with van der Waals surface area (Å²) < 4.78 is 0. The molecule has 118 valence electrons. The van der Waals surface area contributed by atoms with Crippen molar-refractivity contribution < 1.29 is 4.79 Å². The van der Waals surface area contributed by atoms with Crippen LogP contribution in [-0.4, -0.2) is 17.4 Å². The average Bonchev–Trinajstić information content (AvgIpc) is 2.55. The number of rotatable bonds is 6. The molecule has 22 heavy (non-hydrogen) atoms. The zero-order chi connectivity index (χ0) is 15.1. The molecule has 4 nitrogen and oxygen atoms in total. The fraction of sp³-hybridized carbons (Fsp3) is 0.294. The van der Waals surface area contributed by atoms with Gasteiger partial charge in [-0.1, -0.05) is 37.3 Å². The Bertz CT molecular complexity index is 563. The van der Waals surface area contributed by atoms with Gasteiger partial charge in [0.1, 0.15) is 0 Å². The van der Waals surface area contributed by atoms with Crippen LogP contribution in [0.3, 0.4) is 0 Å². The third kappa shape index (κ3) is 5.13. The van der Waals surface area contributed by atoms with E-state index in [0.717, 1.165) is 17.5 Å². The van der Waals surface area contributed by atoms with Crippen molar-refractivity contribution in [2.24, 2.45) is 11.7 Å². The molecule has 0 saturated heterocycles. The minimum Gasteiger partial charge on any atom is -0.355 e. The fourth-order valence-electron chi connectivity index (χ4n) is 2.17. The Morgan fingerprint density at radius 1 is 1.18 bits per heavy atom. The summed E-state index contributed by atoms with van der Waals surface area (Å²) in [6.45, 7) is 2.47. The van der Waals surface area contributed by atoms with Crippen LogP contribution in [0, 0.1) is 5.92 Å². The lowest BCUT2D eigenvalue weighted by molar-refractivity contribution is -0.125. The van der Waals surface area contributed by atoms with Gasteiger partial charge in [-0.05, 0) is 29.7 Å². The number of benzene rings is 1. The van der Waals surface area contributed by atoms with Crippen molar-refractivity contribution in [2.45, 2.75) is 19.4 Å². The average molecular weight is 320 g/mol. The van der Waals surface area contributed by atoms with Crippen LogP contribution < -0.4 is 11.1 Å². The van der Waals surface area contributed by atoms with Gasteiger partial charge in [0.2, 0.25) is 5.91 Å². The highest BCUT2D eigenvalue weighted by atomic mass is 35.5. The zero-order valence-electron chi connectivity index (χ0n) is 12.6. The molecule has 0 saturated carbocycles. The van der Waals surface area contributed by atoms with Crippen LogP contribution in [0.25, 0.3) is 0 Å². The fourth-order valence-corrected chi connectivity index (χ4v) is 2.17. The summed E-state index contributed by atoms with van der Waals surface area (Å²) >= 11 is 0. The number of aromatic nitrogens is 1. The predicted octanol–water partition coefficient (Wildman–Crippen LogP) is 2.50. The van der Waals surface area contributed by atoms with Crippen LogP contribution in [-0.2, 0) is 11.2 Å². The van der Waals surface area contributed by atoms with E-state index in [-0.39, 0.29) is 30.3 Å². The van der Waals surface area contributed by atoms with E-state index in [1.165, 1.54) is 0 Å². The van der Waals surface area contributed by atoms with E-state index >= 15 is 0 Å². The highest BCUT2D eigenvalue weighted by Crippen LogP contribution is 2.18. The van der Waals surface area contributed by atoms with Gasteiger partial charge < -0.3 is 11.1 Å². The molecule has 0 radical (unpaired) electrons. The Kier molecular flexibility index (Phi) is 7.57. The maximum absolute atomic E-state index is 12.1. The lowest BCUT2D eigenvalue weighted by Gasteiger charge is -2.19. The predicted molar refractivity (Wildman–Crippen MR) is 90.7 cm³/mol. The van der Waals surface area contributed by atoms with E-state index in [1.807, 2.05) is 49.4 Å². The standard InChI is InChI=1S/C17H21N3O.ClH/c1-13(16(18)15-5-3-2-4-6-15)17(21)20-12-9-14-7-10-19-11-8-14;/h2-8,10-11,13,16H,9,12,18H2,1H3,(H,20,21);1H. The quantitative estimate of drug-likeness (QED) is 0.859. The van der Waals surface area contributed by atoms with Gasteiger partial charge in [-0.2, -0.15) is 0 Å². The molecule has 0 fully saturated rings. The molecule has 5 heteroatoms. The molecule has 0 spiro atoms. The Balaban J connectivity index is 0.00000242. The molecule has 1 heterocycles. The number of amides is 1. The van der Waals surface area contributed by atoms with E-state index in [2.05, 4.69) is 10.3 Å². The first-order chi connectivity index (χ1) is 10.2. The van der Waals surface area contributed by atoms with Crippen LogP contribution >= 0.6 is 12.4 Å². The highest BCUT2D eigenvalue weighted by molar-refractivity contribution is 5.85. The number of nitrogens with two attached hydrogens (primary N) is 1. The molecule has 1 aromatic carbocycles. The monoisotopic (exact) mass is 319 g/mol. The molecule has 0 aliphatic carbocycles. The molecule has 0 aliphatic rings. The summed E-state index contributed by atoms with van der Waals surface area (Å²) in [6, 6.07) is 13.3. The summed E-state index contributed by atoms with van der Waals surface area (Å²) in [7, 11) is 0. The van der Waals surface area contributed by atoms with E-state index in [0.29, 0.717) is 6.54 Å². The Morgan fingerprint density at radius 3 is 2.45 bits per heavy atom. The Morgan fingerprint density at radius 2 is 1.82 bits per heavy atom. The van der Waals surface area contributed by atoms with Gasteiger partial charge in [0, 0.05) is 25.0 Å². The van der Waals surface area contributed by atoms with Gasteiger partial charge in [0.25, 0.3) is 0 Å². The van der Waals surface area contributed by atoms with E-state index < -0.39 is 0 Å². The summed E-state index contributed by atoms with van der Waals surface area (Å²) in [5.41, 5.74) is 8.29. The topological polar surface area (TPSA) is 68.0 Å². The number of halogens is 1. The molecule has 0 aliphatic heterocycles. The molecule has 3 N–H and O–H groups in total. The maximum atomic E-state index is 12.1. The van der Waals surface area contributed by atoms with Crippen LogP contribution in [0.1, 0.15) is 24.1 Å². The second kappa shape index (κ2) is 9.18. The number of hydrogen-bond donors (Lipinski definition) is 2. The Hall–Kier alpha value is -1.91. The molecule has 2 unspecified atom stereocenters. The molecular formula is C17H22ClN3O. The number of carbonyl (C=O) groups is 1. The van der Waals surface area contributed by atoms with Crippen LogP contribution in [0.5, 0.6) is 0 Å². The minimum absolute atomic E-state index is 0. The second-order valence-corrected chi connectivity index (χ2v) is 5.12. The Labute approximate surface area is 137 Å². The summed E-state index contributed by atoms with van der Waals surface area (Å²) in [6.07, 6.45) is 4.30. The number of pyridine rings is 1. The largest absolute Gasteiger partial charge is 0.355 e. The summed E-state index contributed by atoms with van der Waals surface area (Å²) in [4.78, 5) is 16.1. The second-order valence-electron chi connectivity index (χ2n) is 5.12. The van der Waals surface area contributed by atoms with Gasteiger partial charge in [-0.25, -0.2) is 0 Å². The van der Waals surface area contributed by atoms with Gasteiger partial charge in [-0.3, -0.25) is 9.78 Å². The summed E-state index contributed by atoms with van der Waals surface area (Å²) in [5, 5.41) is 2.94. The van der Waals surface area contributed by atoms with E-state index in [4.69, 9.17) is 5.73 Å². The molecular weight excluding hydrogens is 298 g/mol. The SMILES string of the molecule is CC(C(=O)NCCc1ccncc1)C(N)c1ccccc1.Cl. The lowest BCUT2D eigenvalue weighted by Crippen LogP contribution is -2.36. The van der Waals surface area contributed by atoms with Gasteiger partial charge >= 0.3 is 0 Å². The van der Waals surface area contributed by atoms with Crippen molar-refractivity contribution in [3.8, 4) is 0 Å². The summed E-state index contributed by atoms with van der Waals surface area (Å²) in [5.74, 6) is -0.273. The highest BCUT2D eigenvalue weighted by Gasteiger charge is 2.21. The van der Waals surface area contributed by atoms with Gasteiger partial charge in [-0.15, -0.1) is 12.4 Å². The molecule has 1 aromatic heterocycles. The molecule has 0 bridgehead atoms. The normalized spacial score (nSPS) is 12.8. The van der Waals surface area contributed by atoms with Crippen molar-refractivity contribution in [1.82, 2.24) is 10.3 Å². The van der Waals surface area contributed by atoms with Crippen LogP contribution in [0.2, 0.25) is 0 Å². The first-order valence-corrected chi connectivity index (χ1v) is 7.15. The van der Waals surface area contributed by atoms with Gasteiger partial charge in [0.05, 0.1) is 5.92 Å². The van der Waals surface area contributed by atoms with Crippen LogP contribution in [0.4, 0.5) is 0 Å². The molecule has 2 aromatic rings. The zero-order valence-corrected chi connectivity index (χ0v) is 13.4. The van der Waals surface area contributed by atoms with Crippen molar-refractivity contribution in [1.29, 1.82) is 0 Å². The number of nitrogens with zero attached hydrogens (tertiary/aromatic N) is 1. The maximum Gasteiger partial charge on any atom is 0.224 e. The van der Waals surface area contributed by atoms with Crippen LogP contribution in [0.15, 0.2) is 54.9 Å². The lowest BCUT2D eigenvalue weighted by atomic mass is 9.94. The van der Waals surface area contributed by atoms with Crippen molar-refractivity contribution in [2.75, 3.05) is 6.54 Å². The molecule has 2 rings (SSSR count).